The Balaban J connectivity index is 1.54. The zero-order valence-electron chi connectivity index (χ0n) is 14.8. The number of aromatic nitrogens is 1. The number of para-hydroxylation sites is 1. The van der Waals surface area contributed by atoms with Crippen LogP contribution >= 0.6 is 0 Å². The first-order valence-corrected chi connectivity index (χ1v) is 8.68. The third kappa shape index (κ3) is 3.33. The van der Waals surface area contributed by atoms with Crippen molar-refractivity contribution in [3.05, 3.63) is 65.9 Å². The molecular weight excluding hydrogens is 344 g/mol. The Kier molecular flexibility index (Phi) is 4.46. The monoisotopic (exact) mass is 362 g/mol. The summed E-state index contributed by atoms with van der Waals surface area (Å²) >= 11 is 0. The van der Waals surface area contributed by atoms with E-state index in [0.717, 1.165) is 11.3 Å². The van der Waals surface area contributed by atoms with E-state index in [1.165, 1.54) is 0 Å². The fraction of sp³-hybridized carbons (Fsp3) is 0.190. The first kappa shape index (κ1) is 17.0. The zero-order valence-corrected chi connectivity index (χ0v) is 14.8. The van der Waals surface area contributed by atoms with Crippen molar-refractivity contribution in [3.8, 4) is 17.1 Å². The third-order valence-electron chi connectivity index (χ3n) is 4.60. The third-order valence-corrected chi connectivity index (χ3v) is 4.60. The zero-order chi connectivity index (χ0) is 18.8. The van der Waals surface area contributed by atoms with Crippen LogP contribution in [-0.2, 0) is 11.2 Å². The molecule has 1 aliphatic heterocycles. The Hall–Kier alpha value is -3.41. The minimum Gasteiger partial charge on any atom is -0.497 e. The van der Waals surface area contributed by atoms with E-state index in [2.05, 4.69) is 5.16 Å². The van der Waals surface area contributed by atoms with E-state index in [1.54, 1.807) is 30.2 Å². The van der Waals surface area contributed by atoms with E-state index in [9.17, 15) is 9.59 Å². The van der Waals surface area contributed by atoms with Crippen LogP contribution in [0.3, 0.4) is 0 Å². The fourth-order valence-corrected chi connectivity index (χ4v) is 3.23. The number of ketones is 1. The summed E-state index contributed by atoms with van der Waals surface area (Å²) in [5, 5.41) is 4.02. The van der Waals surface area contributed by atoms with Gasteiger partial charge in [0.25, 0.3) is 0 Å². The largest absolute Gasteiger partial charge is 0.497 e. The highest BCUT2D eigenvalue weighted by Gasteiger charge is 2.27. The second-order valence-electron chi connectivity index (χ2n) is 6.33. The SMILES string of the molecule is COc1cccc(-c2cc(CC(=O)N3CCC(=O)c4ccccc43)no2)c1. The van der Waals surface area contributed by atoms with E-state index in [-0.39, 0.29) is 18.1 Å². The average Bonchev–Trinajstić information content (AvgIpc) is 3.17. The molecule has 1 aliphatic rings. The number of methoxy groups -OCH3 is 1. The lowest BCUT2D eigenvalue weighted by atomic mass is 10.00. The van der Waals surface area contributed by atoms with Crippen LogP contribution in [0.15, 0.2) is 59.1 Å². The van der Waals surface area contributed by atoms with E-state index in [1.807, 2.05) is 36.4 Å². The van der Waals surface area contributed by atoms with Gasteiger partial charge < -0.3 is 14.2 Å². The van der Waals surface area contributed by atoms with Gasteiger partial charge in [0.1, 0.15) is 5.75 Å². The molecule has 0 atom stereocenters. The maximum Gasteiger partial charge on any atom is 0.233 e. The molecular formula is C21H18N2O4. The van der Waals surface area contributed by atoms with Gasteiger partial charge in [-0.1, -0.05) is 29.4 Å². The normalized spacial score (nSPS) is 13.4. The molecule has 4 rings (SSSR count). The number of amides is 1. The molecule has 2 aromatic carbocycles. The van der Waals surface area contributed by atoms with Gasteiger partial charge in [0.2, 0.25) is 5.91 Å². The topological polar surface area (TPSA) is 72.6 Å². The van der Waals surface area contributed by atoms with Gasteiger partial charge in [-0.15, -0.1) is 0 Å². The van der Waals surface area contributed by atoms with Gasteiger partial charge in [0.05, 0.1) is 24.9 Å². The maximum atomic E-state index is 12.8. The molecule has 2 heterocycles. The van der Waals surface area contributed by atoms with Crippen LogP contribution in [0.5, 0.6) is 5.75 Å². The van der Waals surface area contributed by atoms with E-state index >= 15 is 0 Å². The van der Waals surface area contributed by atoms with Gasteiger partial charge in [-0.3, -0.25) is 9.59 Å². The Morgan fingerprint density at radius 3 is 2.89 bits per heavy atom. The molecule has 0 spiro atoms. The Morgan fingerprint density at radius 1 is 1.19 bits per heavy atom. The number of Topliss-reactive ketones (excluding diaryl/α,β-unsaturated/α-hetero) is 1. The highest BCUT2D eigenvalue weighted by Crippen LogP contribution is 2.28. The summed E-state index contributed by atoms with van der Waals surface area (Å²) in [4.78, 5) is 26.5. The summed E-state index contributed by atoms with van der Waals surface area (Å²) in [6, 6.07) is 16.4. The Bertz CT molecular complexity index is 1010. The molecule has 0 saturated carbocycles. The number of carbonyl (C=O) groups is 2. The van der Waals surface area contributed by atoms with Crippen LogP contribution in [0.1, 0.15) is 22.5 Å². The molecule has 0 N–H and O–H groups in total. The molecule has 0 aliphatic carbocycles. The smallest absolute Gasteiger partial charge is 0.233 e. The minimum absolute atomic E-state index is 0.0661. The van der Waals surface area contributed by atoms with Gasteiger partial charge in [-0.2, -0.15) is 0 Å². The van der Waals surface area contributed by atoms with E-state index < -0.39 is 0 Å². The lowest BCUT2D eigenvalue weighted by Crippen LogP contribution is -2.38. The molecule has 6 nitrogen and oxygen atoms in total. The van der Waals surface area contributed by atoms with Crippen LogP contribution < -0.4 is 9.64 Å². The summed E-state index contributed by atoms with van der Waals surface area (Å²) in [6.45, 7) is 0.384. The summed E-state index contributed by atoms with van der Waals surface area (Å²) in [5.41, 5.74) is 2.63. The van der Waals surface area contributed by atoms with E-state index in [0.29, 0.717) is 35.7 Å². The quantitative estimate of drug-likeness (QED) is 0.710. The van der Waals surface area contributed by atoms with Crippen LogP contribution in [-0.4, -0.2) is 30.5 Å². The lowest BCUT2D eigenvalue weighted by molar-refractivity contribution is -0.118. The molecule has 1 aromatic heterocycles. The predicted octanol–water partition coefficient (Wildman–Crippen LogP) is 3.51. The number of carbonyl (C=O) groups excluding carboxylic acids is 2. The van der Waals surface area contributed by atoms with E-state index in [4.69, 9.17) is 9.26 Å². The summed E-state index contributed by atoms with van der Waals surface area (Å²) in [6.07, 6.45) is 0.437. The summed E-state index contributed by atoms with van der Waals surface area (Å²) in [5.74, 6) is 1.25. The average molecular weight is 362 g/mol. The van der Waals surface area contributed by atoms with Crippen LogP contribution in [0.25, 0.3) is 11.3 Å². The molecule has 27 heavy (non-hydrogen) atoms. The van der Waals surface area contributed by atoms with Crippen molar-refractivity contribution in [2.75, 3.05) is 18.6 Å². The molecule has 136 valence electrons. The fourth-order valence-electron chi connectivity index (χ4n) is 3.23. The van der Waals surface area contributed by atoms with Gasteiger partial charge >= 0.3 is 0 Å². The number of fused-ring (bicyclic) bond motifs is 1. The number of ether oxygens (including phenoxy) is 1. The summed E-state index contributed by atoms with van der Waals surface area (Å²) < 4.78 is 10.6. The molecule has 0 saturated heterocycles. The summed E-state index contributed by atoms with van der Waals surface area (Å²) in [7, 11) is 1.60. The molecule has 3 aromatic rings. The number of benzene rings is 2. The number of nitrogens with zero attached hydrogens (tertiary/aromatic N) is 2. The molecule has 0 unspecified atom stereocenters. The molecule has 0 fully saturated rings. The van der Waals surface area contributed by atoms with Crippen LogP contribution in [0.2, 0.25) is 0 Å². The van der Waals surface area contributed by atoms with Gasteiger partial charge in [-0.05, 0) is 24.3 Å². The van der Waals surface area contributed by atoms with Gasteiger partial charge in [0.15, 0.2) is 11.5 Å². The first-order valence-electron chi connectivity index (χ1n) is 8.68. The number of rotatable bonds is 4. The van der Waals surface area contributed by atoms with Crippen LogP contribution in [0, 0.1) is 0 Å². The Morgan fingerprint density at radius 2 is 2.04 bits per heavy atom. The van der Waals surface area contributed by atoms with Crippen molar-refractivity contribution in [1.82, 2.24) is 5.16 Å². The second kappa shape index (κ2) is 7.07. The van der Waals surface area contributed by atoms with Crippen molar-refractivity contribution in [2.24, 2.45) is 0 Å². The van der Waals surface area contributed by atoms with Gasteiger partial charge in [-0.25, -0.2) is 0 Å². The van der Waals surface area contributed by atoms with Crippen molar-refractivity contribution in [2.45, 2.75) is 12.8 Å². The number of hydrogen-bond donors (Lipinski definition) is 0. The first-order chi connectivity index (χ1) is 13.2. The molecule has 0 radical (unpaired) electrons. The van der Waals surface area contributed by atoms with Crippen molar-refractivity contribution in [1.29, 1.82) is 0 Å². The standard InChI is InChI=1S/C21H18N2O4/c1-26-16-6-4-5-14(11-16)20-12-15(22-27-20)13-21(25)23-10-9-19(24)17-7-2-3-8-18(17)23/h2-8,11-12H,9-10,13H2,1H3. The Labute approximate surface area is 156 Å². The molecule has 0 bridgehead atoms. The molecule has 6 heteroatoms. The van der Waals surface area contributed by atoms with Crippen molar-refractivity contribution in [3.63, 3.8) is 0 Å². The molecule has 1 amide bonds. The van der Waals surface area contributed by atoms with Crippen molar-refractivity contribution >= 4 is 17.4 Å². The number of hydrogen-bond acceptors (Lipinski definition) is 5. The predicted molar refractivity (Wildman–Crippen MR) is 99.9 cm³/mol. The second-order valence-corrected chi connectivity index (χ2v) is 6.33. The van der Waals surface area contributed by atoms with Crippen molar-refractivity contribution < 1.29 is 18.8 Å². The minimum atomic E-state index is -0.111. The highest BCUT2D eigenvalue weighted by molar-refractivity contribution is 6.09. The van der Waals surface area contributed by atoms with Crippen LogP contribution in [0.4, 0.5) is 5.69 Å². The number of anilines is 1. The van der Waals surface area contributed by atoms with Gasteiger partial charge in [0, 0.05) is 30.2 Å². The lowest BCUT2D eigenvalue weighted by Gasteiger charge is -2.28. The highest BCUT2D eigenvalue weighted by atomic mass is 16.5. The maximum absolute atomic E-state index is 12.8.